The van der Waals surface area contributed by atoms with Crippen molar-refractivity contribution in [2.45, 2.75) is 51.1 Å². The minimum atomic E-state index is -0.0369. The van der Waals surface area contributed by atoms with Gasteiger partial charge in [0.25, 0.3) is 0 Å². The molecule has 3 aliphatic heterocycles. The third kappa shape index (κ3) is 9.92. The molecule has 1 aromatic carbocycles. The number of carbonyl (C=O) groups is 1. The van der Waals surface area contributed by atoms with Crippen molar-refractivity contribution in [1.29, 1.82) is 5.26 Å². The number of nitrogens with one attached hydrogen (secondary N) is 2. The van der Waals surface area contributed by atoms with E-state index in [1.54, 1.807) is 24.4 Å². The molecule has 3 N–H and O–H groups in total. The third-order valence-corrected chi connectivity index (χ3v) is 10.1. The van der Waals surface area contributed by atoms with Gasteiger partial charge in [0.2, 0.25) is 5.88 Å². The summed E-state index contributed by atoms with van der Waals surface area (Å²) in [4.78, 5) is 27.6. The molecule has 15 heteroatoms. The van der Waals surface area contributed by atoms with E-state index in [1.807, 2.05) is 23.2 Å². The zero-order valence-electron chi connectivity index (χ0n) is 29.6. The van der Waals surface area contributed by atoms with Gasteiger partial charge in [0.05, 0.1) is 52.7 Å². The van der Waals surface area contributed by atoms with Crippen molar-refractivity contribution >= 4 is 45.6 Å². The van der Waals surface area contributed by atoms with E-state index in [-0.39, 0.29) is 38.7 Å². The number of piperazine rings is 1. The van der Waals surface area contributed by atoms with Crippen LogP contribution in [0.15, 0.2) is 61.2 Å². The number of amides is 2. The SMILES string of the molecule is CC1C[N-]CCN1c1ccc(C#N)c(Cl)c1.O=C1NCCCN1c1cncc2c1ccn2C1CCN(CCCCOc2ccc(NO)cn2)CC1.[Y]. The van der Waals surface area contributed by atoms with Crippen LogP contribution in [0.3, 0.4) is 0 Å². The largest absolute Gasteiger partial charge is 0.659 e. The molecule has 4 aromatic rings. The monoisotopic (exact) mass is 802 g/mol. The zero-order chi connectivity index (χ0) is 35.6. The second-order valence-electron chi connectivity index (χ2n) is 13.1. The molecular weight excluding hydrogens is 757 g/mol. The van der Waals surface area contributed by atoms with Gasteiger partial charge in [-0.15, -0.1) is 13.1 Å². The standard InChI is InChI=1S/C25H33N7O3.C12H13ClN3.Y/c33-25-27-9-3-11-32(25)23-18-26-17-22-21(23)8-14-31(22)20-6-12-30(13-7-20)10-1-2-15-35-24-5-4-19(29-34)16-28-24;1-9-8-15-4-5-16(9)11-3-2-10(7-14)12(13)6-11;/h4-5,8,14,16-18,20,29,34H,1-3,6-7,9-13,15H2,(H,27,33);2-3,6,9H,4-5,8H2,1H3;/q;-1;. The molecule has 273 valence electrons. The summed E-state index contributed by atoms with van der Waals surface area (Å²) < 4.78 is 8.04. The Balaban J connectivity index is 0.000000258. The maximum Gasteiger partial charge on any atom is 0.321 e. The molecule has 3 aromatic heterocycles. The van der Waals surface area contributed by atoms with Crippen molar-refractivity contribution in [3.63, 3.8) is 0 Å². The first-order chi connectivity index (χ1) is 24.9. The number of pyridine rings is 2. The predicted molar refractivity (Wildman–Crippen MR) is 200 cm³/mol. The van der Waals surface area contributed by atoms with E-state index in [0.717, 1.165) is 107 Å². The fourth-order valence-corrected chi connectivity index (χ4v) is 7.17. The van der Waals surface area contributed by atoms with Crippen LogP contribution < -0.4 is 25.3 Å². The Morgan fingerprint density at radius 3 is 2.67 bits per heavy atom. The normalized spacial score (nSPS) is 18.1. The maximum atomic E-state index is 12.4. The Labute approximate surface area is 335 Å². The molecule has 1 radical (unpaired) electrons. The minimum Gasteiger partial charge on any atom is -0.659 e. The number of fused-ring (bicyclic) bond motifs is 1. The summed E-state index contributed by atoms with van der Waals surface area (Å²) in [6.45, 7) is 10.1. The van der Waals surface area contributed by atoms with Gasteiger partial charge in [0.15, 0.2) is 0 Å². The molecule has 0 saturated carbocycles. The number of halogens is 1. The second-order valence-corrected chi connectivity index (χ2v) is 13.5. The van der Waals surface area contributed by atoms with Crippen molar-refractivity contribution in [1.82, 2.24) is 24.8 Å². The molecule has 1 atom stereocenters. The molecule has 0 bridgehead atoms. The topological polar surface area (TPSA) is 149 Å². The smallest absolute Gasteiger partial charge is 0.321 e. The van der Waals surface area contributed by atoms with E-state index in [0.29, 0.717) is 40.8 Å². The van der Waals surface area contributed by atoms with Gasteiger partial charge >= 0.3 is 6.03 Å². The Morgan fingerprint density at radius 2 is 1.96 bits per heavy atom. The Bertz CT molecular complexity index is 1790. The number of ether oxygens (including phenoxy) is 1. The maximum absolute atomic E-state index is 12.4. The molecular formula is C37H46ClN10O3Y-. The van der Waals surface area contributed by atoms with Crippen LogP contribution in [0.25, 0.3) is 16.2 Å². The minimum absolute atomic E-state index is 0. The van der Waals surface area contributed by atoms with Gasteiger partial charge in [-0.2, -0.15) is 5.26 Å². The first kappa shape index (κ1) is 39.7. The number of likely N-dealkylation sites (tertiary alicyclic amines) is 1. The average Bonchev–Trinajstić information content (AvgIpc) is 3.61. The number of piperidine rings is 1. The molecule has 0 spiro atoms. The number of carbonyl (C=O) groups excluding carboxylic acids is 1. The third-order valence-electron chi connectivity index (χ3n) is 9.76. The fraction of sp³-hybridized carbons (Fsp3) is 0.459. The van der Waals surface area contributed by atoms with Crippen molar-refractivity contribution in [3.8, 4) is 11.9 Å². The Hall–Kier alpha value is -3.51. The van der Waals surface area contributed by atoms with Crippen molar-refractivity contribution in [2.75, 3.05) is 74.2 Å². The van der Waals surface area contributed by atoms with Crippen molar-refractivity contribution in [2.24, 2.45) is 0 Å². The van der Waals surface area contributed by atoms with Crippen LogP contribution in [0.4, 0.5) is 21.9 Å². The molecule has 6 heterocycles. The van der Waals surface area contributed by atoms with Crippen LogP contribution in [0.2, 0.25) is 5.02 Å². The van der Waals surface area contributed by atoms with E-state index in [1.165, 1.54) is 6.20 Å². The van der Waals surface area contributed by atoms with Gasteiger partial charge in [0, 0.05) is 94.3 Å². The summed E-state index contributed by atoms with van der Waals surface area (Å²) in [6.07, 6.45) is 12.6. The van der Waals surface area contributed by atoms with E-state index < -0.39 is 0 Å². The van der Waals surface area contributed by atoms with Gasteiger partial charge in [-0.25, -0.2) is 9.78 Å². The summed E-state index contributed by atoms with van der Waals surface area (Å²) >= 11 is 6.02. The zero-order valence-corrected chi connectivity index (χ0v) is 33.2. The van der Waals surface area contributed by atoms with Gasteiger partial charge in [-0.1, -0.05) is 11.6 Å². The number of aromatic nitrogens is 3. The summed E-state index contributed by atoms with van der Waals surface area (Å²) in [5, 5.41) is 26.6. The Morgan fingerprint density at radius 1 is 1.12 bits per heavy atom. The predicted octanol–water partition coefficient (Wildman–Crippen LogP) is 6.44. The van der Waals surface area contributed by atoms with Crippen LogP contribution in [-0.2, 0) is 32.7 Å². The molecule has 3 aliphatic rings. The van der Waals surface area contributed by atoms with Crippen molar-refractivity contribution in [3.05, 3.63) is 77.1 Å². The Kier molecular flexibility index (Phi) is 14.9. The van der Waals surface area contributed by atoms with E-state index in [2.05, 4.69) is 65.7 Å². The first-order valence-corrected chi connectivity index (χ1v) is 18.1. The van der Waals surface area contributed by atoms with E-state index in [4.69, 9.17) is 26.8 Å². The van der Waals surface area contributed by atoms with Crippen LogP contribution in [0, 0.1) is 11.3 Å². The fourth-order valence-electron chi connectivity index (χ4n) is 6.95. The number of hydrogen-bond donors (Lipinski definition) is 3. The van der Waals surface area contributed by atoms with Gasteiger partial charge in [-0.3, -0.25) is 20.6 Å². The van der Waals surface area contributed by atoms with Crippen molar-refractivity contribution < 1.29 is 47.4 Å². The molecule has 13 nitrogen and oxygen atoms in total. The van der Waals surface area contributed by atoms with Crippen LogP contribution in [-0.4, -0.2) is 95.7 Å². The van der Waals surface area contributed by atoms with Crippen LogP contribution >= 0.6 is 11.6 Å². The number of anilines is 3. The number of unbranched alkanes of at least 4 members (excludes halogenated alkanes) is 1. The first-order valence-electron chi connectivity index (χ1n) is 17.8. The van der Waals surface area contributed by atoms with Gasteiger partial charge in [0.1, 0.15) is 6.07 Å². The summed E-state index contributed by atoms with van der Waals surface area (Å²) in [7, 11) is 0. The summed E-state index contributed by atoms with van der Waals surface area (Å²) in [5.41, 5.74) is 6.21. The van der Waals surface area contributed by atoms with Crippen LogP contribution in [0.1, 0.15) is 50.6 Å². The number of urea groups is 1. The molecule has 1 unspecified atom stereocenters. The number of hydrogen-bond acceptors (Lipinski definition) is 9. The van der Waals surface area contributed by atoms with Crippen LogP contribution in [0.5, 0.6) is 5.88 Å². The average molecular weight is 803 g/mol. The second kappa shape index (κ2) is 19.5. The molecule has 3 saturated heterocycles. The van der Waals surface area contributed by atoms with Gasteiger partial charge < -0.3 is 29.7 Å². The van der Waals surface area contributed by atoms with E-state index >= 15 is 0 Å². The molecule has 3 fully saturated rings. The summed E-state index contributed by atoms with van der Waals surface area (Å²) in [6, 6.07) is 14.1. The molecule has 52 heavy (non-hydrogen) atoms. The number of nitriles is 1. The quantitative estimate of drug-likeness (QED) is 0.122. The van der Waals surface area contributed by atoms with Gasteiger partial charge in [-0.05, 0) is 82.4 Å². The van der Waals surface area contributed by atoms with E-state index in [9.17, 15) is 4.79 Å². The number of nitrogens with zero attached hydrogens (tertiary/aromatic N) is 8. The molecule has 2 amide bonds. The molecule has 7 rings (SSSR count). The number of rotatable bonds is 10. The molecule has 0 aliphatic carbocycles. The summed E-state index contributed by atoms with van der Waals surface area (Å²) in [5.74, 6) is 0.572. The number of benzene rings is 1.